The van der Waals surface area contributed by atoms with Crippen LogP contribution in [0.4, 0.5) is 24.8 Å². The Hall–Kier alpha value is -3.43. The Balaban J connectivity index is 1.43. The smallest absolute Gasteiger partial charge is 0.484 e. The number of aromatic nitrogens is 2. The molecule has 0 saturated heterocycles. The number of imidazole rings is 1. The summed E-state index contributed by atoms with van der Waals surface area (Å²) in [7, 11) is 1.81. The third kappa shape index (κ3) is 6.59. The number of carbonyl (C=O) groups excluding carboxylic acids is 1. The number of halogens is 3. The molecule has 2 saturated carbocycles. The maximum atomic E-state index is 12.6. The van der Waals surface area contributed by atoms with Crippen molar-refractivity contribution in [3.63, 3.8) is 0 Å². The minimum absolute atomic E-state index is 0.0367. The maximum absolute atomic E-state index is 12.6. The van der Waals surface area contributed by atoms with Crippen molar-refractivity contribution in [2.75, 3.05) is 19.0 Å². The summed E-state index contributed by atoms with van der Waals surface area (Å²) in [5, 5.41) is 3.31. The predicted octanol–water partition coefficient (Wildman–Crippen LogP) is 7.07. The fourth-order valence-corrected chi connectivity index (χ4v) is 5.90. The minimum Gasteiger partial charge on any atom is -0.484 e. The number of rotatable bonds is 8. The molecule has 7 nitrogen and oxygen atoms in total. The van der Waals surface area contributed by atoms with Crippen LogP contribution in [0.1, 0.15) is 58.9 Å². The summed E-state index contributed by atoms with van der Waals surface area (Å²) in [5.41, 5.74) is 2.39. The van der Waals surface area contributed by atoms with Crippen molar-refractivity contribution in [3.8, 4) is 11.5 Å². The van der Waals surface area contributed by atoms with Crippen LogP contribution in [0.3, 0.4) is 0 Å². The van der Waals surface area contributed by atoms with E-state index in [1.165, 1.54) is 24.3 Å². The topological polar surface area (TPSA) is 68.6 Å². The summed E-state index contributed by atoms with van der Waals surface area (Å²) >= 11 is 0. The molecule has 2 fully saturated rings. The Labute approximate surface area is 226 Å². The first-order valence-corrected chi connectivity index (χ1v) is 13.4. The first-order valence-electron chi connectivity index (χ1n) is 13.4. The van der Waals surface area contributed by atoms with E-state index in [2.05, 4.69) is 35.4 Å². The van der Waals surface area contributed by atoms with Gasteiger partial charge in [-0.25, -0.2) is 4.98 Å². The molecule has 1 N–H and O–H groups in total. The number of alkyl halides is 3. The van der Waals surface area contributed by atoms with E-state index in [-0.39, 0.29) is 29.7 Å². The van der Waals surface area contributed by atoms with Gasteiger partial charge in [0, 0.05) is 30.9 Å². The molecule has 2 aliphatic carbocycles. The Morgan fingerprint density at radius 1 is 1.13 bits per heavy atom. The number of likely N-dealkylation sites (N-methyl/N-ethyl adjacent to an activating group) is 1. The second kappa shape index (κ2) is 10.3. The molecule has 0 aliphatic heterocycles. The molecule has 5 rings (SSSR count). The number of anilines is 2. The highest BCUT2D eigenvalue weighted by molar-refractivity contribution is 5.82. The van der Waals surface area contributed by atoms with Crippen LogP contribution in [-0.2, 0) is 4.79 Å². The summed E-state index contributed by atoms with van der Waals surface area (Å²) in [6, 6.07) is 11.8. The molecule has 0 radical (unpaired) electrons. The lowest BCUT2D eigenvalue weighted by atomic mass is 9.70. The lowest BCUT2D eigenvalue weighted by Crippen LogP contribution is -2.33. The average molecular weight is 545 g/mol. The van der Waals surface area contributed by atoms with Crippen LogP contribution < -0.4 is 14.8 Å². The molecule has 2 aromatic carbocycles. The largest absolute Gasteiger partial charge is 0.573 e. The number of benzene rings is 2. The van der Waals surface area contributed by atoms with Gasteiger partial charge in [0.2, 0.25) is 5.95 Å². The van der Waals surface area contributed by atoms with Crippen molar-refractivity contribution in [3.05, 3.63) is 42.5 Å². The zero-order valence-electron chi connectivity index (χ0n) is 22.7. The molecular formula is C29H35F3N4O3. The molecule has 1 heterocycles. The monoisotopic (exact) mass is 544 g/mol. The van der Waals surface area contributed by atoms with Gasteiger partial charge in [0.25, 0.3) is 5.91 Å². The van der Waals surface area contributed by atoms with Gasteiger partial charge in [-0.2, -0.15) is 0 Å². The van der Waals surface area contributed by atoms with E-state index in [1.807, 2.05) is 18.2 Å². The molecule has 0 bridgehead atoms. The molecule has 0 spiro atoms. The van der Waals surface area contributed by atoms with Crippen LogP contribution in [0.25, 0.3) is 11.0 Å². The van der Waals surface area contributed by atoms with Crippen molar-refractivity contribution in [1.82, 2.24) is 14.5 Å². The third-order valence-electron chi connectivity index (χ3n) is 7.58. The summed E-state index contributed by atoms with van der Waals surface area (Å²) in [6.07, 6.45) is 0.427. The quantitative estimate of drug-likeness (QED) is 0.329. The second-order valence-corrected chi connectivity index (χ2v) is 11.7. The van der Waals surface area contributed by atoms with Gasteiger partial charge in [-0.05, 0) is 79.8 Å². The standard InChI is InChI=1S/C29H35F3N4O3/c1-18-13-21(16-28(2,3)15-18)36-25-12-11-23(38-17-26(37)35(4)20-7-8-20)14-24(25)34-27(36)33-19-5-9-22(10-6-19)39-29(30,31)32/h5-6,9-12,14,18,20-21H,7-8,13,15-17H2,1-4H3,(H,33,34)/t18-,21-/m0/s1. The first kappa shape index (κ1) is 27.1. The van der Waals surface area contributed by atoms with Crippen LogP contribution in [0.15, 0.2) is 42.5 Å². The SMILES string of the molecule is C[C@H]1C[C@H](n2c(Nc3ccc(OC(F)(F)F)cc3)nc3cc(OCC(=O)N(C)C4CC4)ccc32)CC(C)(C)C1. The van der Waals surface area contributed by atoms with Crippen LogP contribution in [0.2, 0.25) is 0 Å². The van der Waals surface area contributed by atoms with Crippen molar-refractivity contribution >= 4 is 28.6 Å². The van der Waals surface area contributed by atoms with E-state index >= 15 is 0 Å². The fraction of sp³-hybridized carbons (Fsp3) is 0.517. The third-order valence-corrected chi connectivity index (χ3v) is 7.58. The Morgan fingerprint density at radius 2 is 1.82 bits per heavy atom. The number of amides is 1. The van der Waals surface area contributed by atoms with Crippen molar-refractivity contribution in [2.24, 2.45) is 11.3 Å². The Bertz CT molecular complexity index is 1330. The van der Waals surface area contributed by atoms with Crippen LogP contribution >= 0.6 is 0 Å². The van der Waals surface area contributed by atoms with Crippen LogP contribution in [0.5, 0.6) is 11.5 Å². The van der Waals surface area contributed by atoms with E-state index < -0.39 is 6.36 Å². The van der Waals surface area contributed by atoms with Gasteiger partial charge in [0.1, 0.15) is 11.5 Å². The van der Waals surface area contributed by atoms with Gasteiger partial charge >= 0.3 is 6.36 Å². The van der Waals surface area contributed by atoms with Crippen molar-refractivity contribution < 1.29 is 27.4 Å². The number of nitrogens with zero attached hydrogens (tertiary/aromatic N) is 3. The number of hydrogen-bond acceptors (Lipinski definition) is 5. The van der Waals surface area contributed by atoms with E-state index in [1.54, 1.807) is 11.9 Å². The molecule has 1 amide bonds. The fourth-order valence-electron chi connectivity index (χ4n) is 5.90. The van der Waals surface area contributed by atoms with Crippen molar-refractivity contribution in [2.45, 2.75) is 71.3 Å². The Morgan fingerprint density at radius 3 is 2.46 bits per heavy atom. The lowest BCUT2D eigenvalue weighted by Gasteiger charge is -2.40. The summed E-state index contributed by atoms with van der Waals surface area (Å²) in [5.74, 6) is 1.35. The molecule has 10 heteroatoms. The average Bonchev–Trinajstić information content (AvgIpc) is 3.62. The molecule has 0 unspecified atom stereocenters. The van der Waals surface area contributed by atoms with E-state index in [4.69, 9.17) is 9.72 Å². The first-order chi connectivity index (χ1) is 18.4. The van der Waals surface area contributed by atoms with E-state index in [9.17, 15) is 18.0 Å². The van der Waals surface area contributed by atoms with Gasteiger partial charge in [-0.15, -0.1) is 13.2 Å². The number of hydrogen-bond donors (Lipinski definition) is 1. The second-order valence-electron chi connectivity index (χ2n) is 11.7. The Kier molecular flexibility index (Phi) is 7.15. The highest BCUT2D eigenvalue weighted by Gasteiger charge is 2.35. The van der Waals surface area contributed by atoms with Gasteiger partial charge < -0.3 is 24.3 Å². The minimum atomic E-state index is -4.74. The highest BCUT2D eigenvalue weighted by Crippen LogP contribution is 2.46. The maximum Gasteiger partial charge on any atom is 0.573 e. The van der Waals surface area contributed by atoms with Crippen molar-refractivity contribution in [1.29, 1.82) is 0 Å². The molecular weight excluding hydrogens is 509 g/mol. The van der Waals surface area contributed by atoms with Crippen LogP contribution in [0, 0.1) is 11.3 Å². The number of nitrogens with one attached hydrogen (secondary N) is 1. The van der Waals surface area contributed by atoms with Gasteiger partial charge in [-0.3, -0.25) is 4.79 Å². The molecule has 210 valence electrons. The molecule has 1 aromatic heterocycles. The predicted molar refractivity (Wildman–Crippen MR) is 143 cm³/mol. The normalized spacial score (nSPS) is 21.0. The summed E-state index contributed by atoms with van der Waals surface area (Å²) in [6.45, 7) is 6.79. The molecule has 39 heavy (non-hydrogen) atoms. The van der Waals surface area contributed by atoms with Gasteiger partial charge in [0.05, 0.1) is 11.0 Å². The van der Waals surface area contributed by atoms with E-state index in [0.717, 1.165) is 37.6 Å². The zero-order valence-corrected chi connectivity index (χ0v) is 22.7. The molecule has 3 aromatic rings. The number of ether oxygens (including phenoxy) is 2. The molecule has 2 atom stereocenters. The van der Waals surface area contributed by atoms with E-state index in [0.29, 0.717) is 34.9 Å². The van der Waals surface area contributed by atoms with Crippen LogP contribution in [-0.4, -0.2) is 46.4 Å². The number of fused-ring (bicyclic) bond motifs is 1. The summed E-state index contributed by atoms with van der Waals surface area (Å²) in [4.78, 5) is 19.0. The highest BCUT2D eigenvalue weighted by atomic mass is 19.4. The summed E-state index contributed by atoms with van der Waals surface area (Å²) < 4.78 is 49.8. The van der Waals surface area contributed by atoms with Gasteiger partial charge in [0.15, 0.2) is 6.61 Å². The zero-order chi connectivity index (χ0) is 27.9. The lowest BCUT2D eigenvalue weighted by molar-refractivity contribution is -0.274. The number of carbonyl (C=O) groups is 1. The van der Waals surface area contributed by atoms with Gasteiger partial charge in [-0.1, -0.05) is 20.8 Å². The molecule has 2 aliphatic rings.